The number of nitrogens with zero attached hydrogens (tertiary/aromatic N) is 4. The molecule has 1 saturated carbocycles. The minimum atomic E-state index is 0.304. The molecule has 2 heterocycles. The van der Waals surface area contributed by atoms with Crippen molar-refractivity contribution in [2.45, 2.75) is 25.3 Å². The normalized spacial score (nSPS) is 23.1. The fourth-order valence-corrected chi connectivity index (χ4v) is 4.32. The molecule has 3 fully saturated rings. The maximum atomic E-state index is 12.7. The lowest BCUT2D eigenvalue weighted by Gasteiger charge is -2.43. The zero-order chi connectivity index (χ0) is 17.9. The highest BCUT2D eigenvalue weighted by Crippen LogP contribution is 2.25. The molecule has 2 saturated heterocycles. The summed E-state index contributed by atoms with van der Waals surface area (Å²) in [6, 6.07) is 8.83. The second kappa shape index (κ2) is 8.15. The van der Waals surface area contributed by atoms with Crippen LogP contribution in [0.4, 0.5) is 5.69 Å². The molecule has 0 N–H and O–H groups in total. The van der Waals surface area contributed by atoms with Crippen molar-refractivity contribution in [1.82, 2.24) is 14.7 Å². The highest BCUT2D eigenvalue weighted by molar-refractivity contribution is 6.30. The van der Waals surface area contributed by atoms with E-state index in [4.69, 9.17) is 11.6 Å². The zero-order valence-corrected chi connectivity index (χ0v) is 16.2. The minimum Gasteiger partial charge on any atom is -0.369 e. The van der Waals surface area contributed by atoms with Gasteiger partial charge in [0.25, 0.3) is 0 Å². The number of rotatable bonds is 4. The molecule has 1 aromatic rings. The minimum absolute atomic E-state index is 0.304. The Morgan fingerprint density at radius 3 is 2.15 bits per heavy atom. The third kappa shape index (κ3) is 4.16. The zero-order valence-electron chi connectivity index (χ0n) is 15.4. The van der Waals surface area contributed by atoms with Gasteiger partial charge in [-0.25, -0.2) is 0 Å². The van der Waals surface area contributed by atoms with Crippen molar-refractivity contribution < 1.29 is 4.79 Å². The molecule has 0 radical (unpaired) electrons. The molecular formula is C20H29ClN4O. The monoisotopic (exact) mass is 376 g/mol. The Kier molecular flexibility index (Phi) is 5.67. The van der Waals surface area contributed by atoms with Crippen LogP contribution >= 0.6 is 11.6 Å². The molecule has 4 rings (SSSR count). The second-order valence-corrected chi connectivity index (χ2v) is 8.18. The largest absolute Gasteiger partial charge is 0.369 e. The van der Waals surface area contributed by atoms with Gasteiger partial charge in [0.2, 0.25) is 5.91 Å². The van der Waals surface area contributed by atoms with Crippen LogP contribution in [0.15, 0.2) is 24.3 Å². The fraction of sp³-hybridized carbons (Fsp3) is 0.650. The first-order valence-electron chi connectivity index (χ1n) is 9.94. The molecule has 142 valence electrons. The van der Waals surface area contributed by atoms with Crippen LogP contribution in [0.3, 0.4) is 0 Å². The van der Waals surface area contributed by atoms with E-state index in [1.54, 1.807) is 0 Å². The van der Waals surface area contributed by atoms with Crippen LogP contribution in [0.1, 0.15) is 19.3 Å². The van der Waals surface area contributed by atoms with E-state index >= 15 is 0 Å². The molecule has 6 heteroatoms. The van der Waals surface area contributed by atoms with E-state index in [-0.39, 0.29) is 0 Å². The Morgan fingerprint density at radius 2 is 1.58 bits per heavy atom. The SMILES string of the molecule is O=C(CN1CCN(c2ccc(Cl)cc2)CC1)N1CCN(C2CCC2)CC1. The maximum absolute atomic E-state index is 12.7. The molecule has 2 aliphatic heterocycles. The maximum Gasteiger partial charge on any atom is 0.236 e. The van der Waals surface area contributed by atoms with Crippen molar-refractivity contribution in [3.05, 3.63) is 29.3 Å². The van der Waals surface area contributed by atoms with Gasteiger partial charge in [0.05, 0.1) is 6.54 Å². The van der Waals surface area contributed by atoms with Crippen molar-refractivity contribution >= 4 is 23.2 Å². The van der Waals surface area contributed by atoms with Crippen molar-refractivity contribution in [2.24, 2.45) is 0 Å². The standard InChI is InChI=1S/C20H29ClN4O/c21-17-4-6-19(7-5-17)23-10-8-22(9-11-23)16-20(26)25-14-12-24(13-15-25)18-2-1-3-18/h4-7,18H,1-3,8-16H2. The Balaban J connectivity index is 1.20. The Labute approximate surface area is 161 Å². The van der Waals surface area contributed by atoms with Crippen molar-refractivity contribution in [2.75, 3.05) is 63.8 Å². The number of amides is 1. The summed E-state index contributed by atoms with van der Waals surface area (Å²) in [5, 5.41) is 0.774. The van der Waals surface area contributed by atoms with Gasteiger partial charge in [-0.15, -0.1) is 0 Å². The lowest BCUT2D eigenvalue weighted by Crippen LogP contribution is -2.56. The third-order valence-corrected chi connectivity index (χ3v) is 6.43. The Morgan fingerprint density at radius 1 is 0.923 bits per heavy atom. The van der Waals surface area contributed by atoms with Crippen LogP contribution < -0.4 is 4.90 Å². The van der Waals surface area contributed by atoms with Crippen LogP contribution in [-0.4, -0.2) is 85.6 Å². The highest BCUT2D eigenvalue weighted by Gasteiger charge is 2.30. The first kappa shape index (κ1) is 18.1. The van der Waals surface area contributed by atoms with Gasteiger partial charge in [-0.1, -0.05) is 18.0 Å². The van der Waals surface area contributed by atoms with Gasteiger partial charge in [-0.05, 0) is 37.1 Å². The average molecular weight is 377 g/mol. The molecule has 1 aliphatic carbocycles. The molecule has 26 heavy (non-hydrogen) atoms. The summed E-state index contributed by atoms with van der Waals surface area (Å²) in [5.74, 6) is 0.304. The fourth-order valence-electron chi connectivity index (χ4n) is 4.20. The number of piperazine rings is 2. The number of benzene rings is 1. The van der Waals surface area contributed by atoms with Crippen LogP contribution in [0.5, 0.6) is 0 Å². The molecule has 1 amide bonds. The molecule has 3 aliphatic rings. The molecule has 0 unspecified atom stereocenters. The van der Waals surface area contributed by atoms with Crippen LogP contribution in [-0.2, 0) is 4.79 Å². The summed E-state index contributed by atoms with van der Waals surface area (Å²) >= 11 is 5.97. The topological polar surface area (TPSA) is 30.0 Å². The summed E-state index contributed by atoms with van der Waals surface area (Å²) < 4.78 is 0. The first-order chi connectivity index (χ1) is 12.7. The molecule has 0 bridgehead atoms. The number of anilines is 1. The smallest absolute Gasteiger partial charge is 0.236 e. The van der Waals surface area contributed by atoms with Gasteiger partial charge in [-0.3, -0.25) is 14.6 Å². The van der Waals surface area contributed by atoms with E-state index in [1.165, 1.54) is 24.9 Å². The molecule has 0 atom stereocenters. The number of hydrogen-bond acceptors (Lipinski definition) is 4. The summed E-state index contributed by atoms with van der Waals surface area (Å²) in [7, 11) is 0. The summed E-state index contributed by atoms with van der Waals surface area (Å²) in [6.07, 6.45) is 4.09. The van der Waals surface area contributed by atoms with Gasteiger partial charge >= 0.3 is 0 Å². The van der Waals surface area contributed by atoms with Gasteiger partial charge in [-0.2, -0.15) is 0 Å². The van der Waals surface area contributed by atoms with Crippen molar-refractivity contribution in [3.8, 4) is 0 Å². The lowest BCUT2D eigenvalue weighted by atomic mass is 9.91. The summed E-state index contributed by atoms with van der Waals surface area (Å²) in [4.78, 5) is 22.0. The quantitative estimate of drug-likeness (QED) is 0.805. The van der Waals surface area contributed by atoms with E-state index in [0.29, 0.717) is 12.5 Å². The van der Waals surface area contributed by atoms with E-state index in [1.807, 2.05) is 12.1 Å². The lowest BCUT2D eigenvalue weighted by molar-refractivity contribution is -0.134. The molecule has 0 spiro atoms. The Hall–Kier alpha value is -1.30. The van der Waals surface area contributed by atoms with E-state index in [2.05, 4.69) is 31.7 Å². The van der Waals surface area contributed by atoms with Gasteiger partial charge in [0, 0.05) is 69.1 Å². The number of carbonyl (C=O) groups excluding carboxylic acids is 1. The number of hydrogen-bond donors (Lipinski definition) is 0. The van der Waals surface area contributed by atoms with E-state index < -0.39 is 0 Å². The van der Waals surface area contributed by atoms with Crippen molar-refractivity contribution in [1.29, 1.82) is 0 Å². The molecule has 0 aromatic heterocycles. The van der Waals surface area contributed by atoms with Crippen molar-refractivity contribution in [3.63, 3.8) is 0 Å². The van der Waals surface area contributed by atoms with Crippen LogP contribution in [0.25, 0.3) is 0 Å². The number of carbonyl (C=O) groups is 1. The summed E-state index contributed by atoms with van der Waals surface area (Å²) in [6.45, 7) is 8.29. The third-order valence-electron chi connectivity index (χ3n) is 6.18. The summed E-state index contributed by atoms with van der Waals surface area (Å²) in [5.41, 5.74) is 1.22. The predicted octanol–water partition coefficient (Wildman–Crippen LogP) is 2.16. The van der Waals surface area contributed by atoms with E-state index in [9.17, 15) is 4.79 Å². The number of halogens is 1. The average Bonchev–Trinajstić information content (AvgIpc) is 2.62. The van der Waals surface area contributed by atoms with Crippen LogP contribution in [0, 0.1) is 0 Å². The predicted molar refractivity (Wildman–Crippen MR) is 106 cm³/mol. The van der Waals surface area contributed by atoms with Crippen LogP contribution in [0.2, 0.25) is 5.02 Å². The first-order valence-corrected chi connectivity index (χ1v) is 10.3. The van der Waals surface area contributed by atoms with Gasteiger partial charge in [0.15, 0.2) is 0 Å². The Bertz CT molecular complexity index is 603. The highest BCUT2D eigenvalue weighted by atomic mass is 35.5. The van der Waals surface area contributed by atoms with Gasteiger partial charge < -0.3 is 9.80 Å². The second-order valence-electron chi connectivity index (χ2n) is 7.74. The molecule has 1 aromatic carbocycles. The van der Waals surface area contributed by atoms with Gasteiger partial charge in [0.1, 0.15) is 0 Å². The molecule has 5 nitrogen and oxygen atoms in total. The molecular weight excluding hydrogens is 348 g/mol. The van der Waals surface area contributed by atoms with E-state index in [0.717, 1.165) is 63.4 Å².